The molecule has 3 rings (SSSR count). The third-order valence-electron chi connectivity index (χ3n) is 2.60. The van der Waals surface area contributed by atoms with Crippen molar-refractivity contribution in [3.63, 3.8) is 0 Å². The van der Waals surface area contributed by atoms with Gasteiger partial charge >= 0.3 is 11.9 Å². The molecular formula is C9H7N3O5S. The number of aromatic amines is 1. The van der Waals surface area contributed by atoms with Crippen LogP contribution in [0, 0.1) is 0 Å². The smallest absolute Gasteiger partial charge is 0.422 e. The summed E-state index contributed by atoms with van der Waals surface area (Å²) in [6.45, 7) is 0.478. The largest absolute Gasteiger partial charge is 0.434 e. The minimum atomic E-state index is -1.09. The third-order valence-corrected chi connectivity index (χ3v) is 3.15. The van der Waals surface area contributed by atoms with Crippen LogP contribution < -0.4 is 10.9 Å². The van der Waals surface area contributed by atoms with Crippen molar-refractivity contribution in [2.24, 2.45) is 0 Å². The van der Waals surface area contributed by atoms with E-state index in [1.165, 1.54) is 0 Å². The van der Waals surface area contributed by atoms with E-state index >= 15 is 0 Å². The fraction of sp³-hybridized carbons (Fsp3) is 0.333. The molecule has 2 bridgehead atoms. The van der Waals surface area contributed by atoms with E-state index in [4.69, 9.17) is 9.47 Å². The highest BCUT2D eigenvalue weighted by atomic mass is 32.1. The summed E-state index contributed by atoms with van der Waals surface area (Å²) in [6.07, 6.45) is -0.499. The van der Waals surface area contributed by atoms with Crippen LogP contribution >= 0.6 is 11.7 Å². The number of carbonyl (C=O) groups is 2. The number of carbonyl (C=O) groups excluding carboxylic acids is 2. The van der Waals surface area contributed by atoms with Crippen molar-refractivity contribution in [1.82, 2.24) is 14.1 Å². The summed E-state index contributed by atoms with van der Waals surface area (Å²) in [4.78, 5) is 34.2. The van der Waals surface area contributed by atoms with Gasteiger partial charge in [0.05, 0.1) is 5.57 Å². The van der Waals surface area contributed by atoms with Crippen molar-refractivity contribution in [2.45, 2.75) is 12.6 Å². The first kappa shape index (κ1) is 11.1. The van der Waals surface area contributed by atoms with Crippen molar-refractivity contribution in [3.05, 3.63) is 21.8 Å². The molecule has 0 spiro atoms. The van der Waals surface area contributed by atoms with Crippen LogP contribution in [0.2, 0.25) is 0 Å². The maximum Gasteiger partial charge on any atom is 0.422 e. The van der Waals surface area contributed by atoms with Crippen LogP contribution in [-0.2, 0) is 19.1 Å². The lowest BCUT2D eigenvalue weighted by atomic mass is 10.0. The first-order chi connectivity index (χ1) is 8.66. The summed E-state index contributed by atoms with van der Waals surface area (Å²) >= 11 is 0.876. The fourth-order valence-electron chi connectivity index (χ4n) is 1.84. The Labute approximate surface area is 104 Å². The Morgan fingerprint density at radius 1 is 1.28 bits per heavy atom. The van der Waals surface area contributed by atoms with Crippen LogP contribution in [0.5, 0.6) is 0 Å². The van der Waals surface area contributed by atoms with Crippen LogP contribution in [-0.4, -0.2) is 33.5 Å². The van der Waals surface area contributed by atoms with Gasteiger partial charge in [0.1, 0.15) is 5.76 Å². The highest BCUT2D eigenvalue weighted by molar-refractivity contribution is 6.99. The van der Waals surface area contributed by atoms with Gasteiger partial charge in [0.2, 0.25) is 0 Å². The van der Waals surface area contributed by atoms with Crippen molar-refractivity contribution in [1.29, 1.82) is 0 Å². The van der Waals surface area contributed by atoms with Gasteiger partial charge < -0.3 is 9.47 Å². The van der Waals surface area contributed by atoms with Gasteiger partial charge in [-0.15, -0.1) is 0 Å². The van der Waals surface area contributed by atoms with E-state index in [0.29, 0.717) is 18.5 Å². The number of hydrogen-bond donors (Lipinski definition) is 2. The van der Waals surface area contributed by atoms with E-state index in [1.807, 2.05) is 0 Å². The minimum absolute atomic E-state index is 0.106. The summed E-state index contributed by atoms with van der Waals surface area (Å²) in [5.74, 6) is -1.92. The molecule has 0 aliphatic carbocycles. The number of H-pyrrole nitrogens is 1. The molecule has 3 heterocycles. The van der Waals surface area contributed by atoms with E-state index in [2.05, 4.69) is 14.1 Å². The van der Waals surface area contributed by atoms with Gasteiger partial charge in [0, 0.05) is 24.7 Å². The monoisotopic (exact) mass is 269 g/mol. The third kappa shape index (κ3) is 1.64. The van der Waals surface area contributed by atoms with E-state index in [9.17, 15) is 14.4 Å². The van der Waals surface area contributed by atoms with Crippen molar-refractivity contribution >= 4 is 29.2 Å². The predicted octanol–water partition coefficient (Wildman–Crippen LogP) is -1.04. The number of nitrogens with one attached hydrogen (secondary N) is 2. The maximum atomic E-state index is 11.6. The van der Waals surface area contributed by atoms with Crippen LogP contribution in [0.4, 0.5) is 0 Å². The number of rotatable bonds is 1. The second-order valence-electron chi connectivity index (χ2n) is 3.68. The van der Waals surface area contributed by atoms with Gasteiger partial charge in [0.25, 0.3) is 5.56 Å². The van der Waals surface area contributed by atoms with Gasteiger partial charge in [-0.25, -0.2) is 9.59 Å². The molecule has 0 amide bonds. The molecule has 1 aromatic rings. The highest BCUT2D eigenvalue weighted by Crippen LogP contribution is 2.29. The molecule has 0 saturated carbocycles. The second kappa shape index (κ2) is 4.03. The second-order valence-corrected chi connectivity index (χ2v) is 4.25. The lowest BCUT2D eigenvalue weighted by Gasteiger charge is -2.23. The fourth-order valence-corrected chi connectivity index (χ4v) is 2.34. The van der Waals surface area contributed by atoms with E-state index < -0.39 is 23.7 Å². The standard InChI is InChI=1S/C9H7N3O5S/c13-6-5(11-18-12-6)4-3-1-2-10-7(4)17-9(15)8(14)16-3/h7,10H,1-2H2,(H,12,13). The van der Waals surface area contributed by atoms with Crippen molar-refractivity contribution in [2.75, 3.05) is 6.54 Å². The summed E-state index contributed by atoms with van der Waals surface area (Å²) in [5.41, 5.74) is 0.00727. The molecule has 0 saturated heterocycles. The summed E-state index contributed by atoms with van der Waals surface area (Å²) in [6, 6.07) is 0. The molecule has 2 N–H and O–H groups in total. The molecule has 9 heteroatoms. The van der Waals surface area contributed by atoms with Gasteiger partial charge in [-0.2, -0.15) is 4.37 Å². The lowest BCUT2D eigenvalue weighted by Crippen LogP contribution is -2.39. The zero-order chi connectivity index (χ0) is 12.7. The molecule has 1 unspecified atom stereocenters. The van der Waals surface area contributed by atoms with E-state index in [-0.39, 0.29) is 11.5 Å². The average molecular weight is 269 g/mol. The quantitative estimate of drug-likeness (QED) is 0.495. The SMILES string of the molecule is O=C1OC2=C(c3ns[nH]c3=O)C(NCC2)OC1=O. The van der Waals surface area contributed by atoms with Gasteiger partial charge in [-0.05, 0) is 0 Å². The Bertz CT molecular complexity index is 616. The zero-order valence-corrected chi connectivity index (χ0v) is 9.70. The number of aromatic nitrogens is 2. The molecule has 94 valence electrons. The molecule has 2 aliphatic heterocycles. The van der Waals surface area contributed by atoms with Crippen LogP contribution in [0.3, 0.4) is 0 Å². The molecule has 8 nitrogen and oxygen atoms in total. The van der Waals surface area contributed by atoms with Crippen LogP contribution in [0.25, 0.3) is 5.57 Å². The van der Waals surface area contributed by atoms with Crippen LogP contribution in [0.1, 0.15) is 12.1 Å². The maximum absolute atomic E-state index is 11.6. The molecule has 2 aliphatic rings. The molecule has 1 atom stereocenters. The summed E-state index contributed by atoms with van der Waals surface area (Å²) < 4.78 is 16.2. The number of esters is 2. The molecule has 0 aromatic carbocycles. The van der Waals surface area contributed by atoms with E-state index in [0.717, 1.165) is 11.7 Å². The predicted molar refractivity (Wildman–Crippen MR) is 58.2 cm³/mol. The Balaban J connectivity index is 2.15. The Morgan fingerprint density at radius 3 is 2.83 bits per heavy atom. The Hall–Kier alpha value is -2.00. The molecule has 0 radical (unpaired) electrons. The lowest BCUT2D eigenvalue weighted by molar-refractivity contribution is -0.165. The van der Waals surface area contributed by atoms with Crippen molar-refractivity contribution in [3.8, 4) is 0 Å². The minimum Gasteiger partial charge on any atom is -0.434 e. The normalized spacial score (nSPS) is 23.4. The average Bonchev–Trinajstić information content (AvgIpc) is 2.73. The van der Waals surface area contributed by atoms with Gasteiger partial charge in [-0.3, -0.25) is 14.5 Å². The van der Waals surface area contributed by atoms with Gasteiger partial charge in [0.15, 0.2) is 11.9 Å². The first-order valence-corrected chi connectivity index (χ1v) is 5.88. The summed E-state index contributed by atoms with van der Waals surface area (Å²) in [7, 11) is 0. The number of nitrogens with zero attached hydrogens (tertiary/aromatic N) is 1. The molecule has 1 aromatic heterocycles. The molecule has 18 heavy (non-hydrogen) atoms. The molecular weight excluding hydrogens is 262 g/mol. The summed E-state index contributed by atoms with van der Waals surface area (Å²) in [5, 5.41) is 2.89. The number of ether oxygens (including phenoxy) is 2. The van der Waals surface area contributed by atoms with Gasteiger partial charge in [-0.1, -0.05) is 0 Å². The zero-order valence-electron chi connectivity index (χ0n) is 8.89. The molecule has 0 fully saturated rings. The highest BCUT2D eigenvalue weighted by Gasteiger charge is 2.38. The first-order valence-electron chi connectivity index (χ1n) is 5.11. The number of hydrogen-bond acceptors (Lipinski definition) is 8. The number of fused-ring (bicyclic) bond motifs is 1. The van der Waals surface area contributed by atoms with Crippen LogP contribution in [0.15, 0.2) is 10.6 Å². The Kier molecular flexibility index (Phi) is 2.49. The van der Waals surface area contributed by atoms with Crippen molar-refractivity contribution < 1.29 is 19.1 Å². The topological polar surface area (TPSA) is 110 Å². The Morgan fingerprint density at radius 2 is 2.11 bits per heavy atom. The van der Waals surface area contributed by atoms with E-state index in [1.54, 1.807) is 0 Å².